The fourth-order valence-corrected chi connectivity index (χ4v) is 2.99. The van der Waals surface area contributed by atoms with Gasteiger partial charge in [0.1, 0.15) is 0 Å². The lowest BCUT2D eigenvalue weighted by Crippen LogP contribution is -2.32. The van der Waals surface area contributed by atoms with Crippen LogP contribution in [0.15, 0.2) is 48.5 Å². The highest BCUT2D eigenvalue weighted by molar-refractivity contribution is 6.08. The molecule has 0 bridgehead atoms. The molecular weight excluding hydrogens is 269 g/mol. The third-order valence-electron chi connectivity index (χ3n) is 4.36. The highest BCUT2D eigenvalue weighted by Gasteiger charge is 2.17. The van der Waals surface area contributed by atoms with Gasteiger partial charge >= 0.3 is 0 Å². The van der Waals surface area contributed by atoms with E-state index in [1.54, 1.807) is 0 Å². The Labute approximate surface area is 133 Å². The van der Waals surface area contributed by atoms with Gasteiger partial charge in [0.15, 0.2) is 0 Å². The van der Waals surface area contributed by atoms with E-state index in [1.807, 2.05) is 36.4 Å². The lowest BCUT2D eigenvalue weighted by molar-refractivity contribution is 0.0938. The molecule has 1 aliphatic carbocycles. The van der Waals surface area contributed by atoms with Gasteiger partial charge in [-0.25, -0.2) is 0 Å². The van der Waals surface area contributed by atoms with Gasteiger partial charge in [-0.2, -0.15) is 0 Å². The van der Waals surface area contributed by atoms with Gasteiger partial charge in [-0.3, -0.25) is 4.79 Å². The number of nitrogens with one attached hydrogen (secondary N) is 1. The SMILES string of the molecule is [B]Cc1ccc(-c2ccc(C(=O)NC3CCCC3)cc2)cc1. The second-order valence-corrected chi connectivity index (χ2v) is 5.93. The van der Waals surface area contributed by atoms with Crippen LogP contribution in [0.1, 0.15) is 41.6 Å². The largest absolute Gasteiger partial charge is 0.349 e. The second-order valence-electron chi connectivity index (χ2n) is 5.93. The molecule has 1 amide bonds. The molecule has 2 radical (unpaired) electrons. The van der Waals surface area contributed by atoms with Gasteiger partial charge in [0.25, 0.3) is 5.91 Å². The topological polar surface area (TPSA) is 29.1 Å². The molecule has 1 aliphatic rings. The van der Waals surface area contributed by atoms with E-state index in [0.29, 0.717) is 12.4 Å². The van der Waals surface area contributed by atoms with E-state index in [2.05, 4.69) is 17.4 Å². The van der Waals surface area contributed by atoms with Crippen LogP contribution in [0.25, 0.3) is 11.1 Å². The summed E-state index contributed by atoms with van der Waals surface area (Å²) in [5.41, 5.74) is 4.10. The molecule has 1 fully saturated rings. The van der Waals surface area contributed by atoms with E-state index in [4.69, 9.17) is 7.85 Å². The number of carbonyl (C=O) groups is 1. The van der Waals surface area contributed by atoms with Crippen LogP contribution < -0.4 is 5.32 Å². The zero-order chi connectivity index (χ0) is 15.4. The maximum Gasteiger partial charge on any atom is 0.251 e. The minimum absolute atomic E-state index is 0.0388. The zero-order valence-electron chi connectivity index (χ0n) is 12.7. The minimum atomic E-state index is 0.0388. The summed E-state index contributed by atoms with van der Waals surface area (Å²) in [5, 5.41) is 3.12. The molecule has 2 aromatic rings. The quantitative estimate of drug-likeness (QED) is 0.854. The maximum atomic E-state index is 12.2. The molecule has 2 aromatic carbocycles. The minimum Gasteiger partial charge on any atom is -0.349 e. The van der Waals surface area contributed by atoms with Gasteiger partial charge < -0.3 is 5.32 Å². The Morgan fingerprint density at radius 2 is 1.50 bits per heavy atom. The van der Waals surface area contributed by atoms with Gasteiger partial charge in [0.2, 0.25) is 0 Å². The van der Waals surface area contributed by atoms with E-state index in [9.17, 15) is 4.79 Å². The predicted molar refractivity (Wildman–Crippen MR) is 91.1 cm³/mol. The molecule has 0 aromatic heterocycles. The number of benzene rings is 2. The van der Waals surface area contributed by atoms with Gasteiger partial charge in [-0.05, 0) is 36.1 Å². The summed E-state index contributed by atoms with van der Waals surface area (Å²) in [4.78, 5) is 12.2. The van der Waals surface area contributed by atoms with Crippen molar-refractivity contribution in [3.63, 3.8) is 0 Å². The lowest BCUT2D eigenvalue weighted by atomic mass is 9.95. The van der Waals surface area contributed by atoms with Crippen molar-refractivity contribution >= 4 is 13.8 Å². The summed E-state index contributed by atoms with van der Waals surface area (Å²) in [6, 6.07) is 16.4. The van der Waals surface area contributed by atoms with Gasteiger partial charge in [-0.1, -0.05) is 61.1 Å². The molecule has 0 atom stereocenters. The van der Waals surface area contributed by atoms with E-state index in [0.717, 1.165) is 35.1 Å². The van der Waals surface area contributed by atoms with Crippen molar-refractivity contribution in [2.24, 2.45) is 0 Å². The molecule has 0 spiro atoms. The Morgan fingerprint density at radius 3 is 2.05 bits per heavy atom. The lowest BCUT2D eigenvalue weighted by Gasteiger charge is -2.12. The summed E-state index contributed by atoms with van der Waals surface area (Å²) < 4.78 is 0. The first-order chi connectivity index (χ1) is 10.8. The Balaban J connectivity index is 1.69. The van der Waals surface area contributed by atoms with E-state index in [-0.39, 0.29) is 5.91 Å². The summed E-state index contributed by atoms with van der Waals surface area (Å²) in [6.45, 7) is 0. The monoisotopic (exact) mass is 289 g/mol. The number of amides is 1. The summed E-state index contributed by atoms with van der Waals surface area (Å²) in [5.74, 6) is 0.0388. The second kappa shape index (κ2) is 6.82. The number of hydrogen-bond acceptors (Lipinski definition) is 1. The van der Waals surface area contributed by atoms with Crippen molar-refractivity contribution in [1.29, 1.82) is 0 Å². The molecule has 1 N–H and O–H groups in total. The Morgan fingerprint density at radius 1 is 0.955 bits per heavy atom. The van der Waals surface area contributed by atoms with E-state index in [1.165, 1.54) is 12.8 Å². The van der Waals surface area contributed by atoms with Crippen LogP contribution in [0.2, 0.25) is 0 Å². The van der Waals surface area contributed by atoms with Crippen LogP contribution in [0.3, 0.4) is 0 Å². The Kier molecular flexibility index (Phi) is 4.62. The van der Waals surface area contributed by atoms with Gasteiger partial charge in [0.05, 0.1) is 7.85 Å². The molecule has 1 saturated carbocycles. The molecule has 0 heterocycles. The highest BCUT2D eigenvalue weighted by atomic mass is 16.1. The average molecular weight is 289 g/mol. The van der Waals surface area contributed by atoms with Gasteiger partial charge in [0, 0.05) is 11.6 Å². The third kappa shape index (κ3) is 3.41. The number of hydrogen-bond donors (Lipinski definition) is 1. The van der Waals surface area contributed by atoms with Crippen molar-refractivity contribution in [1.82, 2.24) is 5.32 Å². The van der Waals surface area contributed by atoms with Crippen molar-refractivity contribution in [2.75, 3.05) is 0 Å². The Bertz CT molecular complexity index is 627. The first-order valence-corrected chi connectivity index (χ1v) is 7.96. The van der Waals surface area contributed by atoms with Gasteiger partial charge in [-0.15, -0.1) is 0 Å². The zero-order valence-corrected chi connectivity index (χ0v) is 12.7. The molecule has 0 unspecified atom stereocenters. The number of rotatable bonds is 4. The van der Waals surface area contributed by atoms with E-state index >= 15 is 0 Å². The fraction of sp³-hybridized carbons (Fsp3) is 0.316. The molecule has 3 heteroatoms. The average Bonchev–Trinajstić information content (AvgIpc) is 3.08. The standard InChI is InChI=1S/C19H20BNO/c20-13-14-5-7-15(8-6-14)16-9-11-17(12-10-16)19(22)21-18-3-1-2-4-18/h5-12,18H,1-4,13H2,(H,21,22). The third-order valence-corrected chi connectivity index (χ3v) is 4.36. The normalized spacial score (nSPS) is 14.9. The first-order valence-electron chi connectivity index (χ1n) is 7.96. The molecule has 0 aliphatic heterocycles. The van der Waals surface area contributed by atoms with Crippen LogP contribution in [0, 0.1) is 0 Å². The van der Waals surface area contributed by atoms with Crippen molar-refractivity contribution in [3.8, 4) is 11.1 Å². The van der Waals surface area contributed by atoms with Crippen molar-refractivity contribution in [3.05, 3.63) is 59.7 Å². The Hall–Kier alpha value is -2.03. The fourth-order valence-electron chi connectivity index (χ4n) is 2.99. The summed E-state index contributed by atoms with van der Waals surface area (Å²) in [6.07, 6.45) is 5.22. The van der Waals surface area contributed by atoms with Crippen LogP contribution >= 0.6 is 0 Å². The number of carbonyl (C=O) groups excluding carboxylic acids is 1. The molecular formula is C19H20BNO. The molecule has 110 valence electrons. The van der Waals surface area contributed by atoms with Crippen LogP contribution in [-0.4, -0.2) is 19.8 Å². The molecule has 22 heavy (non-hydrogen) atoms. The van der Waals surface area contributed by atoms with Crippen molar-refractivity contribution in [2.45, 2.75) is 38.0 Å². The maximum absolute atomic E-state index is 12.2. The smallest absolute Gasteiger partial charge is 0.251 e. The summed E-state index contributed by atoms with van der Waals surface area (Å²) >= 11 is 0. The molecule has 2 nitrogen and oxygen atoms in total. The van der Waals surface area contributed by atoms with Crippen LogP contribution in [0.5, 0.6) is 0 Å². The molecule has 0 saturated heterocycles. The van der Waals surface area contributed by atoms with Crippen LogP contribution in [-0.2, 0) is 6.32 Å². The highest BCUT2D eigenvalue weighted by Crippen LogP contribution is 2.21. The van der Waals surface area contributed by atoms with Crippen LogP contribution in [0.4, 0.5) is 0 Å². The van der Waals surface area contributed by atoms with Crippen molar-refractivity contribution < 1.29 is 4.79 Å². The van der Waals surface area contributed by atoms with E-state index < -0.39 is 0 Å². The molecule has 3 rings (SSSR count). The first kappa shape index (κ1) is 14.9. The predicted octanol–water partition coefficient (Wildman–Crippen LogP) is 3.69. The summed E-state index contributed by atoms with van der Waals surface area (Å²) in [7, 11) is 5.61.